The zero-order valence-corrected chi connectivity index (χ0v) is 59.2. The average Bonchev–Trinajstić information content (AvgIpc) is 3.55. The maximum Gasteiger partial charge on any atom is 0.306 e. The molecule has 0 spiro atoms. The molecule has 89 heavy (non-hydrogen) atoms. The van der Waals surface area contributed by atoms with Crippen LogP contribution < -0.4 is 0 Å². The Morgan fingerprint density at radius 1 is 0.270 bits per heavy atom. The first-order valence-corrected chi connectivity index (χ1v) is 38.9. The molecule has 0 saturated carbocycles. The zero-order chi connectivity index (χ0) is 64.0. The standard InChI is InChI=1S/C84H148O5/c1-3-5-7-9-11-13-15-17-19-21-23-25-27-29-31-33-35-37-39-41-43-44-46-48-50-52-54-56-58-60-62-64-66-68-70-72-74-76-78-83(86)88-81-82(80-85)89-84(87)79-77-75-73-71-69-67-65-63-61-59-57-55-53-51-49-47-45-42-40-38-36-34-32-30-28-26-24-22-20-18-16-14-12-10-8-6-4-2/h6,8,12,14,18,20,24,26,30,32,36,38,42,45,49,51,55,57,82,85H,3-5,7,9-11,13,15-17,19,21-23,25,27-29,31,33-35,37,39-41,43-44,46-48,50,52-54,56,58-81H2,1-2H3/b8-6-,14-12-,20-18-,26-24-,32-30-,38-36-,45-42-,51-49-,57-55-. The first kappa shape index (κ1) is 85.6. The van der Waals surface area contributed by atoms with Crippen molar-refractivity contribution in [3.8, 4) is 0 Å². The Labute approximate surface area is 554 Å². The fraction of sp³-hybridized carbons (Fsp3) is 0.762. The Balaban J connectivity index is 3.46. The zero-order valence-electron chi connectivity index (χ0n) is 59.2. The van der Waals surface area contributed by atoms with Gasteiger partial charge in [0.15, 0.2) is 6.10 Å². The first-order chi connectivity index (χ1) is 44.1. The second kappa shape index (κ2) is 78.8. The van der Waals surface area contributed by atoms with Crippen LogP contribution in [0, 0.1) is 0 Å². The first-order valence-electron chi connectivity index (χ1n) is 38.9. The quantitative estimate of drug-likeness (QED) is 0.0373. The summed E-state index contributed by atoms with van der Waals surface area (Å²) in [7, 11) is 0. The lowest BCUT2D eigenvalue weighted by Crippen LogP contribution is -2.28. The van der Waals surface area contributed by atoms with Crippen LogP contribution in [0.5, 0.6) is 0 Å². The molecule has 0 rings (SSSR count). The summed E-state index contributed by atoms with van der Waals surface area (Å²) in [4.78, 5) is 24.7. The molecule has 1 unspecified atom stereocenters. The Morgan fingerprint density at radius 3 is 0.730 bits per heavy atom. The highest BCUT2D eigenvalue weighted by atomic mass is 16.6. The minimum Gasteiger partial charge on any atom is -0.462 e. The van der Waals surface area contributed by atoms with Gasteiger partial charge in [-0.25, -0.2) is 0 Å². The molecule has 1 N–H and O–H groups in total. The highest BCUT2D eigenvalue weighted by Crippen LogP contribution is 2.19. The predicted octanol–water partition coefficient (Wildman–Crippen LogP) is 27.5. The van der Waals surface area contributed by atoms with Gasteiger partial charge in [-0.3, -0.25) is 9.59 Å². The smallest absolute Gasteiger partial charge is 0.306 e. The van der Waals surface area contributed by atoms with Gasteiger partial charge in [0.1, 0.15) is 6.61 Å². The van der Waals surface area contributed by atoms with Gasteiger partial charge in [-0.2, -0.15) is 0 Å². The van der Waals surface area contributed by atoms with E-state index in [0.717, 1.165) is 103 Å². The molecule has 0 aromatic carbocycles. The van der Waals surface area contributed by atoms with Crippen LogP contribution >= 0.6 is 0 Å². The van der Waals surface area contributed by atoms with E-state index in [0.29, 0.717) is 12.8 Å². The van der Waals surface area contributed by atoms with E-state index in [1.165, 1.54) is 263 Å². The van der Waals surface area contributed by atoms with Crippen molar-refractivity contribution in [2.24, 2.45) is 0 Å². The largest absolute Gasteiger partial charge is 0.462 e. The van der Waals surface area contributed by atoms with Crippen LogP contribution in [0.2, 0.25) is 0 Å². The number of carbonyl (C=O) groups is 2. The molecule has 0 fully saturated rings. The number of allylic oxidation sites excluding steroid dienone is 18. The number of hydrogen-bond acceptors (Lipinski definition) is 5. The van der Waals surface area contributed by atoms with Crippen molar-refractivity contribution in [3.05, 3.63) is 109 Å². The van der Waals surface area contributed by atoms with Gasteiger partial charge < -0.3 is 14.6 Å². The number of hydrogen-bond donors (Lipinski definition) is 1. The SMILES string of the molecule is CC/C=C\C/C=C\C/C=C\C/C=C\C/C=C\C/C=C\C/C=C\C/C=C\C/C=C\CCCCCCCCCCCC(=O)OC(CO)COC(=O)CCCCCCCCCCCCCCCCCCCCCCCCCCCCCCCCCCCCCCCC. The molecule has 0 aliphatic heterocycles. The molecule has 0 aliphatic rings. The summed E-state index contributed by atoms with van der Waals surface area (Å²) in [5.41, 5.74) is 0. The van der Waals surface area contributed by atoms with Gasteiger partial charge in [-0.05, 0) is 83.5 Å². The molecular formula is C84H148O5. The molecule has 5 nitrogen and oxygen atoms in total. The number of aliphatic hydroxyl groups is 1. The van der Waals surface area contributed by atoms with Crippen LogP contribution in [-0.4, -0.2) is 36.4 Å². The van der Waals surface area contributed by atoms with Crippen molar-refractivity contribution in [2.75, 3.05) is 13.2 Å². The highest BCUT2D eigenvalue weighted by Gasteiger charge is 2.16. The Hall–Kier alpha value is -3.44. The molecule has 0 bridgehead atoms. The van der Waals surface area contributed by atoms with E-state index in [2.05, 4.69) is 123 Å². The minimum atomic E-state index is -0.782. The van der Waals surface area contributed by atoms with Crippen LogP contribution in [0.25, 0.3) is 0 Å². The summed E-state index contributed by atoms with van der Waals surface area (Å²) in [5.74, 6) is -0.586. The van der Waals surface area contributed by atoms with Crippen molar-refractivity contribution >= 4 is 11.9 Å². The molecule has 0 radical (unpaired) electrons. The monoisotopic (exact) mass is 1240 g/mol. The molecule has 0 aliphatic carbocycles. The topological polar surface area (TPSA) is 72.8 Å². The molecule has 514 valence electrons. The summed E-state index contributed by atoms with van der Waals surface area (Å²) in [6.07, 6.45) is 114. The van der Waals surface area contributed by atoms with Crippen molar-refractivity contribution in [1.29, 1.82) is 0 Å². The van der Waals surface area contributed by atoms with E-state index in [-0.39, 0.29) is 25.2 Å². The summed E-state index contributed by atoms with van der Waals surface area (Å²) in [6, 6.07) is 0. The van der Waals surface area contributed by atoms with Crippen LogP contribution in [0.1, 0.15) is 393 Å². The van der Waals surface area contributed by atoms with Gasteiger partial charge in [-0.1, -0.05) is 406 Å². The van der Waals surface area contributed by atoms with Crippen molar-refractivity contribution in [1.82, 2.24) is 0 Å². The van der Waals surface area contributed by atoms with Crippen molar-refractivity contribution in [3.63, 3.8) is 0 Å². The maximum atomic E-state index is 12.4. The number of unbranched alkanes of at least 4 members (excludes halogenated alkanes) is 46. The molecular weight excluding hydrogens is 1090 g/mol. The van der Waals surface area contributed by atoms with Crippen LogP contribution in [0.3, 0.4) is 0 Å². The summed E-state index contributed by atoms with van der Waals surface area (Å²) in [5, 5.41) is 9.72. The van der Waals surface area contributed by atoms with Gasteiger partial charge in [-0.15, -0.1) is 0 Å². The van der Waals surface area contributed by atoms with E-state index in [1.807, 2.05) is 0 Å². The predicted molar refractivity (Wildman–Crippen MR) is 394 cm³/mol. The fourth-order valence-corrected chi connectivity index (χ4v) is 11.6. The third-order valence-corrected chi connectivity index (χ3v) is 17.3. The molecule has 0 heterocycles. The van der Waals surface area contributed by atoms with Gasteiger partial charge in [0, 0.05) is 12.8 Å². The molecule has 0 saturated heterocycles. The van der Waals surface area contributed by atoms with E-state index >= 15 is 0 Å². The molecule has 0 amide bonds. The summed E-state index contributed by atoms with van der Waals surface area (Å²) in [6.45, 7) is 4.07. The third-order valence-electron chi connectivity index (χ3n) is 17.3. The summed E-state index contributed by atoms with van der Waals surface area (Å²) < 4.78 is 10.8. The lowest BCUT2D eigenvalue weighted by Gasteiger charge is -2.15. The second-order valence-corrected chi connectivity index (χ2v) is 26.1. The molecule has 0 aromatic rings. The van der Waals surface area contributed by atoms with E-state index < -0.39 is 6.10 Å². The van der Waals surface area contributed by atoms with Gasteiger partial charge in [0.05, 0.1) is 6.61 Å². The average molecular weight is 1240 g/mol. The minimum absolute atomic E-state index is 0.0693. The van der Waals surface area contributed by atoms with Crippen LogP contribution in [0.4, 0.5) is 0 Å². The van der Waals surface area contributed by atoms with E-state index in [4.69, 9.17) is 9.47 Å². The normalized spacial score (nSPS) is 12.8. The number of rotatable bonds is 72. The highest BCUT2D eigenvalue weighted by molar-refractivity contribution is 5.70. The molecule has 5 heteroatoms. The van der Waals surface area contributed by atoms with Crippen LogP contribution in [0.15, 0.2) is 109 Å². The number of ether oxygens (including phenoxy) is 2. The van der Waals surface area contributed by atoms with E-state index in [9.17, 15) is 14.7 Å². The number of aliphatic hydroxyl groups excluding tert-OH is 1. The Kier molecular flexibility index (Phi) is 75.8. The van der Waals surface area contributed by atoms with Crippen molar-refractivity contribution < 1.29 is 24.2 Å². The van der Waals surface area contributed by atoms with Gasteiger partial charge >= 0.3 is 11.9 Å². The molecule has 0 aromatic heterocycles. The lowest BCUT2D eigenvalue weighted by atomic mass is 10.0. The number of esters is 2. The van der Waals surface area contributed by atoms with Crippen molar-refractivity contribution in [2.45, 2.75) is 399 Å². The fourth-order valence-electron chi connectivity index (χ4n) is 11.6. The van der Waals surface area contributed by atoms with Gasteiger partial charge in [0.25, 0.3) is 0 Å². The molecule has 1 atom stereocenters. The number of carbonyl (C=O) groups excluding carboxylic acids is 2. The van der Waals surface area contributed by atoms with Gasteiger partial charge in [0.2, 0.25) is 0 Å². The summed E-state index contributed by atoms with van der Waals surface area (Å²) >= 11 is 0. The third kappa shape index (κ3) is 76.9. The second-order valence-electron chi connectivity index (χ2n) is 26.1. The Morgan fingerprint density at radius 2 is 0.483 bits per heavy atom. The van der Waals surface area contributed by atoms with Crippen LogP contribution in [-0.2, 0) is 19.1 Å². The van der Waals surface area contributed by atoms with E-state index in [1.54, 1.807) is 0 Å². The maximum absolute atomic E-state index is 12.4. The Bertz CT molecular complexity index is 1690. The lowest BCUT2D eigenvalue weighted by molar-refractivity contribution is -0.161.